The molecule has 78 valence electrons. The summed E-state index contributed by atoms with van der Waals surface area (Å²) < 4.78 is 0. The van der Waals surface area contributed by atoms with Gasteiger partial charge in [0.25, 0.3) is 0 Å². The summed E-state index contributed by atoms with van der Waals surface area (Å²) >= 11 is 0. The van der Waals surface area contributed by atoms with Gasteiger partial charge >= 0.3 is 0 Å². The summed E-state index contributed by atoms with van der Waals surface area (Å²) in [4.78, 5) is 13.6. The molecule has 2 nitrogen and oxygen atoms in total. The number of carbonyl (C=O) groups excluding carboxylic acids is 1. The molecule has 0 spiro atoms. The van der Waals surface area contributed by atoms with Gasteiger partial charge in [-0.2, -0.15) is 0 Å². The van der Waals surface area contributed by atoms with Crippen molar-refractivity contribution in [2.45, 2.75) is 26.0 Å². The third-order valence-electron chi connectivity index (χ3n) is 1.90. The van der Waals surface area contributed by atoms with Gasteiger partial charge in [0.05, 0.1) is 5.25 Å². The summed E-state index contributed by atoms with van der Waals surface area (Å²) in [5, 5.41) is 0.0972. The molecule has 0 aromatic rings. The average molecular weight is 221 g/mol. The molecule has 1 amide bonds. The van der Waals surface area contributed by atoms with Crippen LogP contribution in [-0.4, -0.2) is 35.9 Å². The lowest BCUT2D eigenvalue weighted by molar-refractivity contribution is -0.129. The maximum atomic E-state index is 11.8. The summed E-state index contributed by atoms with van der Waals surface area (Å²) in [7, 11) is 5.18. The van der Waals surface area contributed by atoms with Gasteiger partial charge in [-0.3, -0.25) is 4.79 Å². The van der Waals surface area contributed by atoms with Crippen LogP contribution in [0.1, 0.15) is 20.8 Å². The zero-order chi connectivity index (χ0) is 10.4. The minimum absolute atomic E-state index is 0.0972. The summed E-state index contributed by atoms with van der Waals surface area (Å²) in [6.07, 6.45) is 2.01. The van der Waals surface area contributed by atoms with Crippen LogP contribution in [0.5, 0.6) is 0 Å². The molecule has 0 saturated carbocycles. The fraction of sp³-hybridized carbons (Fsp3) is 0.889. The lowest BCUT2D eigenvalue weighted by Gasteiger charge is -2.23. The highest BCUT2D eigenvalue weighted by atomic mass is 33.1. The van der Waals surface area contributed by atoms with Crippen LogP contribution in [0.4, 0.5) is 0 Å². The molecule has 0 unspecified atom stereocenters. The molecule has 0 N–H and O–H groups in total. The van der Waals surface area contributed by atoms with Crippen molar-refractivity contribution in [2.24, 2.45) is 5.92 Å². The Morgan fingerprint density at radius 2 is 2.00 bits per heavy atom. The third kappa shape index (κ3) is 4.27. The van der Waals surface area contributed by atoms with E-state index in [-0.39, 0.29) is 11.2 Å². The minimum Gasteiger partial charge on any atom is -0.345 e. The van der Waals surface area contributed by atoms with Crippen LogP contribution in [0.25, 0.3) is 0 Å². The largest absolute Gasteiger partial charge is 0.345 e. The Hall–Kier alpha value is 0.170. The minimum atomic E-state index is 0.0972. The predicted octanol–water partition coefficient (Wildman–Crippen LogP) is 2.50. The van der Waals surface area contributed by atoms with Crippen molar-refractivity contribution in [2.75, 3.05) is 19.8 Å². The van der Waals surface area contributed by atoms with E-state index in [1.807, 2.05) is 20.2 Å². The first kappa shape index (κ1) is 13.2. The van der Waals surface area contributed by atoms with E-state index in [1.165, 1.54) is 0 Å². The lowest BCUT2D eigenvalue weighted by Crippen LogP contribution is -2.36. The average Bonchev–Trinajstić information content (AvgIpc) is 2.11. The molecule has 0 saturated heterocycles. The molecule has 0 aliphatic rings. The van der Waals surface area contributed by atoms with Gasteiger partial charge in [0.2, 0.25) is 5.91 Å². The highest BCUT2D eigenvalue weighted by Gasteiger charge is 2.24. The zero-order valence-corrected chi connectivity index (χ0v) is 10.7. The molecule has 0 radical (unpaired) electrons. The normalized spacial score (nSPS) is 13.1. The Labute approximate surface area is 89.2 Å². The SMILES string of the molecule is CCN(C)C(=O)[C@H](SSC)C(C)C. The van der Waals surface area contributed by atoms with E-state index in [1.54, 1.807) is 26.5 Å². The summed E-state index contributed by atoms with van der Waals surface area (Å²) in [6, 6.07) is 0. The van der Waals surface area contributed by atoms with Crippen molar-refractivity contribution in [3.63, 3.8) is 0 Å². The van der Waals surface area contributed by atoms with E-state index in [0.717, 1.165) is 6.54 Å². The van der Waals surface area contributed by atoms with Crippen LogP contribution in [0.15, 0.2) is 0 Å². The lowest BCUT2D eigenvalue weighted by atomic mass is 10.1. The molecule has 0 bridgehead atoms. The number of rotatable bonds is 5. The van der Waals surface area contributed by atoms with E-state index in [2.05, 4.69) is 13.8 Å². The highest BCUT2D eigenvalue weighted by Crippen LogP contribution is 2.30. The molecule has 1 atom stereocenters. The van der Waals surface area contributed by atoms with Crippen LogP contribution in [0.2, 0.25) is 0 Å². The fourth-order valence-electron chi connectivity index (χ4n) is 0.914. The van der Waals surface area contributed by atoms with Crippen LogP contribution in [0.3, 0.4) is 0 Å². The molecule has 0 heterocycles. The van der Waals surface area contributed by atoms with Crippen molar-refractivity contribution >= 4 is 27.5 Å². The molecule has 4 heteroatoms. The van der Waals surface area contributed by atoms with E-state index >= 15 is 0 Å². The van der Waals surface area contributed by atoms with Crippen LogP contribution >= 0.6 is 21.6 Å². The Morgan fingerprint density at radius 1 is 1.46 bits per heavy atom. The number of carbonyl (C=O) groups is 1. The predicted molar refractivity (Wildman–Crippen MR) is 63.0 cm³/mol. The van der Waals surface area contributed by atoms with E-state index in [9.17, 15) is 4.79 Å². The maximum absolute atomic E-state index is 11.8. The third-order valence-corrected chi connectivity index (χ3v) is 4.24. The number of hydrogen-bond acceptors (Lipinski definition) is 3. The second-order valence-corrected chi connectivity index (χ2v) is 5.89. The van der Waals surface area contributed by atoms with Gasteiger partial charge in [0.15, 0.2) is 0 Å². The molecule has 0 rings (SSSR count). The van der Waals surface area contributed by atoms with Gasteiger partial charge in [0.1, 0.15) is 0 Å². The van der Waals surface area contributed by atoms with Crippen molar-refractivity contribution in [3.05, 3.63) is 0 Å². The Bertz CT molecular complexity index is 162. The molecule has 0 aromatic heterocycles. The van der Waals surface area contributed by atoms with E-state index < -0.39 is 0 Å². The zero-order valence-electron chi connectivity index (χ0n) is 9.03. The van der Waals surface area contributed by atoms with Crippen LogP contribution in [-0.2, 0) is 4.79 Å². The molecule has 0 aromatic carbocycles. The molecule has 13 heavy (non-hydrogen) atoms. The highest BCUT2D eigenvalue weighted by molar-refractivity contribution is 8.76. The second kappa shape index (κ2) is 6.60. The summed E-state index contributed by atoms with van der Waals surface area (Å²) in [5.41, 5.74) is 0. The van der Waals surface area contributed by atoms with Crippen LogP contribution in [0, 0.1) is 5.92 Å². The first-order valence-corrected chi connectivity index (χ1v) is 7.11. The van der Waals surface area contributed by atoms with Crippen molar-refractivity contribution in [3.8, 4) is 0 Å². The first-order chi connectivity index (χ1) is 6.04. The van der Waals surface area contributed by atoms with E-state index in [4.69, 9.17) is 0 Å². The standard InChI is InChI=1S/C9H19NOS2/c1-6-10(4)9(11)8(7(2)3)13-12-5/h7-8H,6H2,1-5H3/t8-/m1/s1. The molecule has 0 fully saturated rings. The molecular formula is C9H19NOS2. The van der Waals surface area contributed by atoms with Gasteiger partial charge in [0, 0.05) is 13.6 Å². The first-order valence-electron chi connectivity index (χ1n) is 4.49. The second-order valence-electron chi connectivity index (χ2n) is 3.28. The number of nitrogens with zero attached hydrogens (tertiary/aromatic N) is 1. The molecular weight excluding hydrogens is 202 g/mol. The van der Waals surface area contributed by atoms with Gasteiger partial charge in [-0.15, -0.1) is 0 Å². The Morgan fingerprint density at radius 3 is 2.31 bits per heavy atom. The molecule has 0 aliphatic carbocycles. The maximum Gasteiger partial charge on any atom is 0.236 e. The van der Waals surface area contributed by atoms with Crippen LogP contribution < -0.4 is 0 Å². The monoisotopic (exact) mass is 221 g/mol. The smallest absolute Gasteiger partial charge is 0.236 e. The van der Waals surface area contributed by atoms with Crippen molar-refractivity contribution in [1.29, 1.82) is 0 Å². The number of amides is 1. The van der Waals surface area contributed by atoms with Crippen molar-refractivity contribution < 1.29 is 4.79 Å². The number of hydrogen-bond donors (Lipinski definition) is 0. The van der Waals surface area contributed by atoms with Gasteiger partial charge < -0.3 is 4.90 Å². The van der Waals surface area contributed by atoms with Gasteiger partial charge in [-0.25, -0.2) is 0 Å². The Balaban J connectivity index is 4.27. The van der Waals surface area contributed by atoms with Gasteiger partial charge in [-0.1, -0.05) is 35.4 Å². The topological polar surface area (TPSA) is 20.3 Å². The van der Waals surface area contributed by atoms with E-state index in [0.29, 0.717) is 5.92 Å². The van der Waals surface area contributed by atoms with Crippen molar-refractivity contribution in [1.82, 2.24) is 4.90 Å². The van der Waals surface area contributed by atoms with Gasteiger partial charge in [-0.05, 0) is 19.1 Å². The summed E-state index contributed by atoms with van der Waals surface area (Å²) in [5.74, 6) is 0.649. The Kier molecular flexibility index (Phi) is 6.68. The molecule has 0 aliphatic heterocycles. The quantitative estimate of drug-likeness (QED) is 0.665. The fourth-order valence-corrected chi connectivity index (χ4v) is 3.14. The summed E-state index contributed by atoms with van der Waals surface area (Å²) in [6.45, 7) is 6.97.